The number of aromatic nitrogens is 2. The van der Waals surface area contributed by atoms with Crippen molar-refractivity contribution in [2.75, 3.05) is 20.2 Å². The molecule has 0 bridgehead atoms. The molecule has 0 aliphatic heterocycles. The van der Waals surface area contributed by atoms with E-state index < -0.39 is 10.8 Å². The van der Waals surface area contributed by atoms with Gasteiger partial charge in [-0.3, -0.25) is 19.7 Å². The topological polar surface area (TPSA) is 149 Å². The van der Waals surface area contributed by atoms with Gasteiger partial charge in [0.05, 0.1) is 18.5 Å². The number of carbonyl (C=O) groups excluding carboxylic acids is 2. The summed E-state index contributed by atoms with van der Waals surface area (Å²) in [4.78, 5) is 38.3. The van der Waals surface area contributed by atoms with Crippen molar-refractivity contribution in [1.29, 1.82) is 0 Å². The van der Waals surface area contributed by atoms with Crippen LogP contribution in [-0.4, -0.2) is 47.1 Å². The van der Waals surface area contributed by atoms with Crippen LogP contribution in [0.2, 0.25) is 0 Å². The summed E-state index contributed by atoms with van der Waals surface area (Å²) in [7, 11) is 1.56. The van der Waals surface area contributed by atoms with E-state index in [1.54, 1.807) is 31.4 Å². The van der Waals surface area contributed by atoms with Gasteiger partial charge in [0.1, 0.15) is 5.75 Å². The van der Waals surface area contributed by atoms with E-state index in [0.717, 1.165) is 0 Å². The zero-order valence-electron chi connectivity index (χ0n) is 16.5. The van der Waals surface area contributed by atoms with E-state index in [1.165, 1.54) is 24.3 Å². The Kier molecular flexibility index (Phi) is 6.89. The number of ether oxygens (including phenoxy) is 1. The second-order valence-electron chi connectivity index (χ2n) is 6.36. The predicted molar refractivity (Wildman–Crippen MR) is 108 cm³/mol. The van der Waals surface area contributed by atoms with Crippen LogP contribution in [0, 0.1) is 10.1 Å². The van der Waals surface area contributed by atoms with Gasteiger partial charge in [0.25, 0.3) is 5.69 Å². The zero-order chi connectivity index (χ0) is 22.2. The van der Waals surface area contributed by atoms with Crippen molar-refractivity contribution in [2.24, 2.45) is 0 Å². The highest BCUT2D eigenvalue weighted by Crippen LogP contribution is 2.19. The summed E-state index contributed by atoms with van der Waals surface area (Å²) in [6.07, 6.45) is 0.0703. The van der Waals surface area contributed by atoms with E-state index in [2.05, 4.69) is 20.8 Å². The lowest BCUT2D eigenvalue weighted by atomic mass is 10.1. The first-order valence-corrected chi connectivity index (χ1v) is 9.22. The number of carbonyl (C=O) groups is 2. The Balaban J connectivity index is 1.42. The molecule has 0 aliphatic carbocycles. The minimum atomic E-state index is -0.558. The molecule has 0 unspecified atom stereocenters. The SMILES string of the molecule is COc1ccc(-c2noc(C(=O)NCCNC(=O)Cc3ccc([N+](=O)[O-])cc3)n2)cc1. The third-order valence-electron chi connectivity index (χ3n) is 4.21. The Morgan fingerprint density at radius 1 is 1.06 bits per heavy atom. The quantitative estimate of drug-likeness (QED) is 0.299. The van der Waals surface area contributed by atoms with Crippen molar-refractivity contribution < 1.29 is 23.8 Å². The summed E-state index contributed by atoms with van der Waals surface area (Å²) < 4.78 is 10.1. The number of nitro groups is 1. The van der Waals surface area contributed by atoms with Crippen molar-refractivity contribution in [3.05, 3.63) is 70.1 Å². The van der Waals surface area contributed by atoms with E-state index in [-0.39, 0.29) is 42.8 Å². The van der Waals surface area contributed by atoms with Crippen LogP contribution >= 0.6 is 0 Å². The number of amides is 2. The largest absolute Gasteiger partial charge is 0.497 e. The summed E-state index contributed by atoms with van der Waals surface area (Å²) in [6.45, 7) is 0.349. The van der Waals surface area contributed by atoms with Gasteiger partial charge in [-0.15, -0.1) is 0 Å². The number of nitrogens with one attached hydrogen (secondary N) is 2. The standard InChI is InChI=1S/C20H19N5O6/c1-30-16-8-4-14(5-9-16)18-23-20(31-24-18)19(27)22-11-10-21-17(26)12-13-2-6-15(7-3-13)25(28)29/h2-9H,10-12H2,1H3,(H,21,26)(H,22,27). The van der Waals surface area contributed by atoms with Crippen LogP contribution in [0.15, 0.2) is 53.1 Å². The lowest BCUT2D eigenvalue weighted by Gasteiger charge is -2.06. The van der Waals surface area contributed by atoms with Crippen LogP contribution in [0.1, 0.15) is 16.2 Å². The summed E-state index contributed by atoms with van der Waals surface area (Å²) >= 11 is 0. The van der Waals surface area contributed by atoms with Gasteiger partial charge in [-0.2, -0.15) is 4.98 Å². The van der Waals surface area contributed by atoms with Crippen molar-refractivity contribution in [3.63, 3.8) is 0 Å². The maximum atomic E-state index is 12.1. The average molecular weight is 425 g/mol. The summed E-state index contributed by atoms with van der Waals surface area (Å²) in [5.74, 6) is -0.0763. The highest BCUT2D eigenvalue weighted by molar-refractivity contribution is 5.90. The van der Waals surface area contributed by atoms with Gasteiger partial charge in [0, 0.05) is 30.8 Å². The fourth-order valence-corrected chi connectivity index (χ4v) is 2.61. The first kappa shape index (κ1) is 21.4. The minimum Gasteiger partial charge on any atom is -0.497 e. The van der Waals surface area contributed by atoms with Crippen LogP contribution in [-0.2, 0) is 11.2 Å². The number of nitrogens with zero attached hydrogens (tertiary/aromatic N) is 3. The van der Waals surface area contributed by atoms with Crippen molar-refractivity contribution in [1.82, 2.24) is 20.8 Å². The molecular weight excluding hydrogens is 406 g/mol. The van der Waals surface area contributed by atoms with Crippen LogP contribution in [0.4, 0.5) is 5.69 Å². The first-order valence-electron chi connectivity index (χ1n) is 9.22. The van der Waals surface area contributed by atoms with Crippen LogP contribution < -0.4 is 15.4 Å². The Morgan fingerprint density at radius 3 is 2.39 bits per heavy atom. The number of non-ortho nitro benzene ring substituents is 1. The molecule has 0 fully saturated rings. The van der Waals surface area contributed by atoms with Gasteiger partial charge in [0.2, 0.25) is 11.7 Å². The molecule has 0 atom stereocenters. The molecule has 11 nitrogen and oxygen atoms in total. The number of methoxy groups -OCH3 is 1. The molecule has 2 amide bonds. The molecule has 2 N–H and O–H groups in total. The Bertz CT molecular complexity index is 1060. The number of benzene rings is 2. The molecule has 11 heteroatoms. The molecule has 160 valence electrons. The maximum absolute atomic E-state index is 12.1. The fourth-order valence-electron chi connectivity index (χ4n) is 2.61. The fraction of sp³-hybridized carbons (Fsp3) is 0.200. The molecule has 3 aromatic rings. The van der Waals surface area contributed by atoms with Gasteiger partial charge in [-0.05, 0) is 29.8 Å². The molecule has 0 spiro atoms. The average Bonchev–Trinajstić information content (AvgIpc) is 3.27. The van der Waals surface area contributed by atoms with Gasteiger partial charge < -0.3 is 19.9 Å². The number of rotatable bonds is 9. The molecule has 0 radical (unpaired) electrons. The molecule has 0 saturated carbocycles. The van der Waals surface area contributed by atoms with Gasteiger partial charge >= 0.3 is 11.8 Å². The smallest absolute Gasteiger partial charge is 0.316 e. The second-order valence-corrected chi connectivity index (χ2v) is 6.36. The van der Waals surface area contributed by atoms with Gasteiger partial charge in [-0.1, -0.05) is 17.3 Å². The van der Waals surface area contributed by atoms with Gasteiger partial charge in [-0.25, -0.2) is 0 Å². The summed E-state index contributed by atoms with van der Waals surface area (Å²) in [5.41, 5.74) is 1.27. The predicted octanol–water partition coefficient (Wildman–Crippen LogP) is 1.74. The van der Waals surface area contributed by atoms with Crippen LogP contribution in [0.5, 0.6) is 5.75 Å². The Morgan fingerprint density at radius 2 is 1.74 bits per heavy atom. The third-order valence-corrected chi connectivity index (χ3v) is 4.21. The molecule has 0 aliphatic rings. The van der Waals surface area contributed by atoms with Gasteiger partial charge in [0.15, 0.2) is 0 Å². The number of hydrogen-bond donors (Lipinski definition) is 2. The minimum absolute atomic E-state index is 0.0388. The van der Waals surface area contributed by atoms with E-state index >= 15 is 0 Å². The molecule has 2 aromatic carbocycles. The lowest BCUT2D eigenvalue weighted by molar-refractivity contribution is -0.384. The summed E-state index contributed by atoms with van der Waals surface area (Å²) in [6, 6.07) is 12.7. The maximum Gasteiger partial charge on any atom is 0.316 e. The van der Waals surface area contributed by atoms with Crippen molar-refractivity contribution in [2.45, 2.75) is 6.42 Å². The second kappa shape index (κ2) is 9.96. The highest BCUT2D eigenvalue weighted by Gasteiger charge is 2.16. The van der Waals surface area contributed by atoms with E-state index in [9.17, 15) is 19.7 Å². The van der Waals surface area contributed by atoms with Crippen LogP contribution in [0.3, 0.4) is 0 Å². The number of nitro benzene ring substituents is 1. The molecule has 1 heterocycles. The molecule has 3 rings (SSSR count). The third kappa shape index (κ3) is 5.85. The van der Waals surface area contributed by atoms with Crippen molar-refractivity contribution in [3.8, 4) is 17.1 Å². The van der Waals surface area contributed by atoms with E-state index in [4.69, 9.17) is 9.26 Å². The highest BCUT2D eigenvalue weighted by atomic mass is 16.6. The summed E-state index contributed by atoms with van der Waals surface area (Å²) in [5, 5.41) is 19.6. The normalized spacial score (nSPS) is 10.4. The molecule has 31 heavy (non-hydrogen) atoms. The molecule has 1 aromatic heterocycles. The zero-order valence-corrected chi connectivity index (χ0v) is 16.5. The molecule has 0 saturated heterocycles. The van der Waals surface area contributed by atoms with E-state index in [1.807, 2.05) is 0 Å². The lowest BCUT2D eigenvalue weighted by Crippen LogP contribution is -2.35. The van der Waals surface area contributed by atoms with Crippen molar-refractivity contribution >= 4 is 17.5 Å². The Labute approximate surface area is 176 Å². The first-order chi connectivity index (χ1) is 15.0. The van der Waals surface area contributed by atoms with Crippen LogP contribution in [0.25, 0.3) is 11.4 Å². The number of hydrogen-bond acceptors (Lipinski definition) is 8. The molecular formula is C20H19N5O6. The Hall–Kier alpha value is -4.28. The monoisotopic (exact) mass is 425 g/mol. The van der Waals surface area contributed by atoms with E-state index in [0.29, 0.717) is 16.9 Å².